The van der Waals surface area contributed by atoms with Crippen molar-refractivity contribution in [3.63, 3.8) is 0 Å². The second-order valence-electron chi connectivity index (χ2n) is 6.80. The molecule has 1 aromatic rings. The van der Waals surface area contributed by atoms with Crippen LogP contribution in [-0.2, 0) is 4.74 Å². The van der Waals surface area contributed by atoms with Gasteiger partial charge in [0.05, 0.1) is 17.2 Å². The predicted octanol–water partition coefficient (Wildman–Crippen LogP) is 2.59. The molecule has 132 valence electrons. The Morgan fingerprint density at radius 3 is 2.12 bits per heavy atom. The van der Waals surface area contributed by atoms with Gasteiger partial charge in [0.1, 0.15) is 11.6 Å². The van der Waals surface area contributed by atoms with E-state index in [0.717, 1.165) is 4.90 Å². The summed E-state index contributed by atoms with van der Waals surface area (Å²) < 4.78 is 5.23. The number of hydrogen-bond donors (Lipinski definition) is 1. The van der Waals surface area contributed by atoms with Crippen LogP contribution in [0.15, 0.2) is 24.3 Å². The molecule has 1 heterocycles. The number of nitrogens with one attached hydrogen (secondary N) is 1. The monoisotopic (exact) mass is 342 g/mol. The van der Waals surface area contributed by atoms with Gasteiger partial charge in [0.15, 0.2) is 0 Å². The van der Waals surface area contributed by atoms with E-state index < -0.39 is 35.6 Å². The standard InChI is InChI=1S/C19H22N2O4/c1-6-9-15(12(2)20-18(24)25-19(3,4)5)21-16(22)13-10-7-8-11-14(13)17(21)23/h7-8,10-12,15H,1-5H3,(H,20,24)/t12-,15+/m0/s1. The molecular weight excluding hydrogens is 320 g/mol. The Hall–Kier alpha value is -2.81. The number of benzene rings is 1. The van der Waals surface area contributed by atoms with Crippen LogP contribution in [0, 0.1) is 11.8 Å². The van der Waals surface area contributed by atoms with Gasteiger partial charge in [-0.2, -0.15) is 0 Å². The van der Waals surface area contributed by atoms with Crippen LogP contribution < -0.4 is 5.32 Å². The summed E-state index contributed by atoms with van der Waals surface area (Å²) in [6, 6.07) is 5.25. The summed E-state index contributed by atoms with van der Waals surface area (Å²) in [6.07, 6.45) is -0.625. The molecule has 0 spiro atoms. The molecule has 2 atom stereocenters. The SMILES string of the molecule is CC#C[C@H]([C@H](C)NC(=O)OC(C)(C)C)N1C(=O)c2ccccc2C1=O. The summed E-state index contributed by atoms with van der Waals surface area (Å²) in [5.74, 6) is 4.76. The molecule has 0 radical (unpaired) electrons. The van der Waals surface area contributed by atoms with Crippen LogP contribution in [0.5, 0.6) is 0 Å². The first-order valence-electron chi connectivity index (χ1n) is 8.04. The van der Waals surface area contributed by atoms with Gasteiger partial charge in [0.25, 0.3) is 11.8 Å². The lowest BCUT2D eigenvalue weighted by Crippen LogP contribution is -2.52. The van der Waals surface area contributed by atoms with Crippen molar-refractivity contribution < 1.29 is 19.1 Å². The van der Waals surface area contributed by atoms with Gasteiger partial charge in [-0.05, 0) is 46.8 Å². The molecule has 1 aliphatic rings. The summed E-state index contributed by atoms with van der Waals surface area (Å²) >= 11 is 0. The van der Waals surface area contributed by atoms with Crippen LogP contribution >= 0.6 is 0 Å². The zero-order valence-electron chi connectivity index (χ0n) is 15.0. The lowest BCUT2D eigenvalue weighted by atomic mass is 10.1. The number of imide groups is 1. The quantitative estimate of drug-likeness (QED) is 0.677. The first kappa shape index (κ1) is 18.5. The van der Waals surface area contributed by atoms with Crippen molar-refractivity contribution in [1.29, 1.82) is 0 Å². The second kappa shape index (κ2) is 6.98. The Morgan fingerprint density at radius 2 is 1.68 bits per heavy atom. The molecule has 0 bridgehead atoms. The predicted molar refractivity (Wildman–Crippen MR) is 93.0 cm³/mol. The molecule has 0 aliphatic carbocycles. The van der Waals surface area contributed by atoms with E-state index in [1.54, 1.807) is 58.9 Å². The third kappa shape index (κ3) is 4.00. The minimum atomic E-state index is -0.787. The van der Waals surface area contributed by atoms with Crippen molar-refractivity contribution in [1.82, 2.24) is 10.2 Å². The lowest BCUT2D eigenvalue weighted by Gasteiger charge is -2.29. The summed E-state index contributed by atoms with van der Waals surface area (Å²) in [5.41, 5.74) is 0.0466. The lowest BCUT2D eigenvalue weighted by molar-refractivity contribution is 0.0450. The minimum absolute atomic E-state index is 0.347. The van der Waals surface area contributed by atoms with Crippen molar-refractivity contribution in [2.24, 2.45) is 0 Å². The minimum Gasteiger partial charge on any atom is -0.444 e. The first-order chi connectivity index (χ1) is 11.7. The molecule has 3 amide bonds. The normalized spacial score (nSPS) is 15.8. The van der Waals surface area contributed by atoms with Gasteiger partial charge in [-0.1, -0.05) is 18.1 Å². The molecule has 1 aliphatic heterocycles. The topological polar surface area (TPSA) is 75.7 Å². The van der Waals surface area contributed by atoms with Crippen molar-refractivity contribution in [3.8, 4) is 11.8 Å². The molecule has 25 heavy (non-hydrogen) atoms. The Bertz CT molecular complexity index is 733. The maximum Gasteiger partial charge on any atom is 0.407 e. The highest BCUT2D eigenvalue weighted by Crippen LogP contribution is 2.25. The highest BCUT2D eigenvalue weighted by atomic mass is 16.6. The van der Waals surface area contributed by atoms with Gasteiger partial charge >= 0.3 is 6.09 Å². The molecule has 0 saturated heterocycles. The molecule has 0 fully saturated rings. The molecule has 6 heteroatoms. The van der Waals surface area contributed by atoms with Crippen molar-refractivity contribution in [2.45, 2.75) is 52.3 Å². The Balaban J connectivity index is 2.24. The maximum absolute atomic E-state index is 12.6. The first-order valence-corrected chi connectivity index (χ1v) is 8.04. The Kier molecular flexibility index (Phi) is 5.17. The Morgan fingerprint density at radius 1 is 1.16 bits per heavy atom. The number of hydrogen-bond acceptors (Lipinski definition) is 4. The smallest absolute Gasteiger partial charge is 0.407 e. The fraction of sp³-hybridized carbons (Fsp3) is 0.421. The van der Waals surface area contributed by atoms with Crippen molar-refractivity contribution >= 4 is 17.9 Å². The number of nitrogens with zero attached hydrogens (tertiary/aromatic N) is 1. The molecule has 6 nitrogen and oxygen atoms in total. The molecule has 0 saturated carbocycles. The van der Waals surface area contributed by atoms with Gasteiger partial charge in [0.2, 0.25) is 0 Å². The van der Waals surface area contributed by atoms with Crippen LogP contribution in [0.4, 0.5) is 4.79 Å². The summed E-state index contributed by atoms with van der Waals surface area (Å²) in [7, 11) is 0. The van der Waals surface area contributed by atoms with E-state index >= 15 is 0 Å². The number of carbonyl (C=O) groups is 3. The van der Waals surface area contributed by atoms with E-state index in [1.807, 2.05) is 0 Å². The summed E-state index contributed by atoms with van der Waals surface area (Å²) in [6.45, 7) is 8.56. The average molecular weight is 342 g/mol. The third-order valence-corrected chi connectivity index (χ3v) is 3.61. The summed E-state index contributed by atoms with van der Waals surface area (Å²) in [4.78, 5) is 38.4. The van der Waals surface area contributed by atoms with Crippen LogP contribution in [0.1, 0.15) is 55.3 Å². The van der Waals surface area contributed by atoms with Gasteiger partial charge in [-0.3, -0.25) is 14.5 Å². The molecule has 2 rings (SSSR count). The second-order valence-corrected chi connectivity index (χ2v) is 6.80. The fourth-order valence-electron chi connectivity index (χ4n) is 2.59. The molecule has 0 unspecified atom stereocenters. The van der Waals surface area contributed by atoms with E-state index in [1.165, 1.54) is 0 Å². The Labute approximate surface area is 147 Å². The molecule has 1 aromatic carbocycles. The fourth-order valence-corrected chi connectivity index (χ4v) is 2.59. The third-order valence-electron chi connectivity index (χ3n) is 3.61. The average Bonchev–Trinajstić information content (AvgIpc) is 2.75. The molecular formula is C19H22N2O4. The van der Waals surface area contributed by atoms with Crippen molar-refractivity contribution in [2.75, 3.05) is 0 Å². The highest BCUT2D eigenvalue weighted by molar-refractivity contribution is 6.21. The van der Waals surface area contributed by atoms with Crippen LogP contribution in [0.3, 0.4) is 0 Å². The number of carbonyl (C=O) groups excluding carboxylic acids is 3. The highest BCUT2D eigenvalue weighted by Gasteiger charge is 2.41. The maximum atomic E-state index is 12.6. The number of fused-ring (bicyclic) bond motifs is 1. The molecule has 0 aromatic heterocycles. The van der Waals surface area contributed by atoms with Crippen molar-refractivity contribution in [3.05, 3.63) is 35.4 Å². The zero-order chi connectivity index (χ0) is 18.8. The number of ether oxygens (including phenoxy) is 1. The van der Waals surface area contributed by atoms with E-state index in [2.05, 4.69) is 17.2 Å². The van der Waals surface area contributed by atoms with E-state index in [4.69, 9.17) is 4.74 Å². The van der Waals surface area contributed by atoms with Crippen LogP contribution in [0.2, 0.25) is 0 Å². The van der Waals surface area contributed by atoms with Gasteiger partial charge in [0, 0.05) is 0 Å². The number of alkyl carbamates (subject to hydrolysis) is 1. The zero-order valence-corrected chi connectivity index (χ0v) is 15.0. The number of amides is 3. The number of rotatable bonds is 3. The largest absolute Gasteiger partial charge is 0.444 e. The van der Waals surface area contributed by atoms with Crippen LogP contribution in [0.25, 0.3) is 0 Å². The van der Waals surface area contributed by atoms with Gasteiger partial charge in [-0.15, -0.1) is 5.92 Å². The summed E-state index contributed by atoms with van der Waals surface area (Å²) in [5, 5.41) is 2.66. The van der Waals surface area contributed by atoms with Gasteiger partial charge < -0.3 is 10.1 Å². The van der Waals surface area contributed by atoms with E-state index in [-0.39, 0.29) is 0 Å². The van der Waals surface area contributed by atoms with E-state index in [9.17, 15) is 14.4 Å². The van der Waals surface area contributed by atoms with Gasteiger partial charge in [-0.25, -0.2) is 4.79 Å². The van der Waals surface area contributed by atoms with E-state index in [0.29, 0.717) is 11.1 Å². The molecule has 1 N–H and O–H groups in total. The van der Waals surface area contributed by atoms with Crippen LogP contribution in [-0.4, -0.2) is 40.5 Å².